The van der Waals surface area contributed by atoms with Crippen molar-refractivity contribution in [1.82, 2.24) is 4.57 Å². The smallest absolute Gasteiger partial charge is 0.231 e. The highest BCUT2D eigenvalue weighted by atomic mass is 16.5. The highest BCUT2D eigenvalue weighted by Gasteiger charge is 2.28. The minimum absolute atomic E-state index is 0.00798. The van der Waals surface area contributed by atoms with E-state index in [0.717, 1.165) is 23.0 Å². The first-order valence-corrected chi connectivity index (χ1v) is 8.85. The van der Waals surface area contributed by atoms with Gasteiger partial charge in [-0.3, -0.25) is 9.59 Å². The highest BCUT2D eigenvalue weighted by molar-refractivity contribution is 6.15. The van der Waals surface area contributed by atoms with Crippen molar-refractivity contribution in [2.75, 3.05) is 6.61 Å². The molecular formula is C22H19NO4. The van der Waals surface area contributed by atoms with Crippen molar-refractivity contribution in [2.45, 2.75) is 20.4 Å². The van der Waals surface area contributed by atoms with Gasteiger partial charge in [0.1, 0.15) is 18.1 Å². The summed E-state index contributed by atoms with van der Waals surface area (Å²) in [7, 11) is 0. The van der Waals surface area contributed by atoms with E-state index < -0.39 is 0 Å². The number of para-hydroxylation sites is 1. The summed E-state index contributed by atoms with van der Waals surface area (Å²) in [4.78, 5) is 23.8. The summed E-state index contributed by atoms with van der Waals surface area (Å²) in [5.41, 5.74) is 2.56. The molecule has 0 N–H and O–H groups in total. The highest BCUT2D eigenvalue weighted by Crippen LogP contribution is 2.35. The second kappa shape index (κ2) is 6.76. The van der Waals surface area contributed by atoms with Gasteiger partial charge in [0.05, 0.1) is 5.56 Å². The van der Waals surface area contributed by atoms with Crippen LogP contribution in [0.4, 0.5) is 0 Å². The van der Waals surface area contributed by atoms with Gasteiger partial charge in [0, 0.05) is 35.3 Å². The largest absolute Gasteiger partial charge is 0.486 e. The van der Waals surface area contributed by atoms with E-state index in [4.69, 9.17) is 9.47 Å². The van der Waals surface area contributed by atoms with E-state index in [1.165, 1.54) is 6.92 Å². The number of benzene rings is 2. The minimum Gasteiger partial charge on any atom is -0.486 e. The molecule has 0 amide bonds. The Morgan fingerprint density at radius 1 is 1.22 bits per heavy atom. The Labute approximate surface area is 156 Å². The van der Waals surface area contributed by atoms with Crippen LogP contribution in [-0.2, 0) is 11.3 Å². The average molecular weight is 361 g/mol. The van der Waals surface area contributed by atoms with E-state index in [1.807, 2.05) is 24.4 Å². The van der Waals surface area contributed by atoms with Crippen LogP contribution in [0.1, 0.15) is 29.8 Å². The van der Waals surface area contributed by atoms with Gasteiger partial charge < -0.3 is 14.0 Å². The van der Waals surface area contributed by atoms with E-state index in [2.05, 4.69) is 17.6 Å². The van der Waals surface area contributed by atoms with Crippen molar-refractivity contribution in [3.63, 3.8) is 0 Å². The molecule has 4 rings (SSSR count). The van der Waals surface area contributed by atoms with Gasteiger partial charge in [0.25, 0.3) is 0 Å². The molecule has 0 aliphatic carbocycles. The number of Topliss-reactive ketones (excluding diaryl/α,β-unsaturated/α-hetero) is 2. The number of hydrogen-bond donors (Lipinski definition) is 0. The number of aromatic nitrogens is 1. The Bertz CT molecular complexity index is 1090. The number of rotatable bonds is 5. The summed E-state index contributed by atoms with van der Waals surface area (Å²) in [6, 6.07) is 13.1. The van der Waals surface area contributed by atoms with Gasteiger partial charge in [0.15, 0.2) is 11.5 Å². The molecule has 0 atom stereocenters. The van der Waals surface area contributed by atoms with E-state index in [1.54, 1.807) is 24.3 Å². The lowest BCUT2D eigenvalue weighted by molar-refractivity contribution is -0.118. The van der Waals surface area contributed by atoms with Crippen molar-refractivity contribution in [1.29, 1.82) is 0 Å². The maximum absolute atomic E-state index is 12.7. The van der Waals surface area contributed by atoms with Crippen molar-refractivity contribution in [3.05, 3.63) is 65.5 Å². The number of carbonyl (C=O) groups is 2. The third-order valence-electron chi connectivity index (χ3n) is 4.53. The van der Waals surface area contributed by atoms with E-state index in [9.17, 15) is 9.59 Å². The van der Waals surface area contributed by atoms with Gasteiger partial charge >= 0.3 is 0 Å². The first-order chi connectivity index (χ1) is 13.1. The van der Waals surface area contributed by atoms with Crippen LogP contribution < -0.4 is 9.47 Å². The standard InChI is InChI=1S/C22H19NO4/c1-3-23-12-15(17-6-4-5-7-19(17)23)10-21-22(25)18-9-8-16(11-20(18)27-21)26-13-14(2)24/h4-12H,3,13H2,1-2H3/b21-10+. The maximum Gasteiger partial charge on any atom is 0.231 e. The molecule has 2 aromatic carbocycles. The fourth-order valence-electron chi connectivity index (χ4n) is 3.24. The lowest BCUT2D eigenvalue weighted by atomic mass is 10.1. The number of nitrogens with zero attached hydrogens (tertiary/aromatic N) is 1. The first kappa shape index (κ1) is 17.1. The van der Waals surface area contributed by atoms with Gasteiger partial charge in [0.2, 0.25) is 5.78 Å². The molecule has 0 bridgehead atoms. The summed E-state index contributed by atoms with van der Waals surface area (Å²) >= 11 is 0. The van der Waals surface area contributed by atoms with Crippen LogP contribution >= 0.6 is 0 Å². The van der Waals surface area contributed by atoms with Crippen LogP contribution in [0.15, 0.2) is 54.4 Å². The number of fused-ring (bicyclic) bond motifs is 2. The van der Waals surface area contributed by atoms with Crippen molar-refractivity contribution in [2.24, 2.45) is 0 Å². The van der Waals surface area contributed by atoms with Crippen molar-refractivity contribution in [3.8, 4) is 11.5 Å². The number of aryl methyl sites for hydroxylation is 1. The lowest BCUT2D eigenvalue weighted by Crippen LogP contribution is -2.06. The number of carbonyl (C=O) groups excluding carboxylic acids is 2. The van der Waals surface area contributed by atoms with Gasteiger partial charge in [-0.25, -0.2) is 0 Å². The molecule has 136 valence electrons. The topological polar surface area (TPSA) is 57.5 Å². The summed E-state index contributed by atoms with van der Waals surface area (Å²) in [6.07, 6.45) is 3.81. The number of ether oxygens (including phenoxy) is 2. The van der Waals surface area contributed by atoms with Crippen molar-refractivity contribution < 1.29 is 19.1 Å². The number of allylic oxidation sites excluding steroid dienone is 1. The van der Waals surface area contributed by atoms with Crippen LogP contribution in [-0.4, -0.2) is 22.7 Å². The molecule has 1 aromatic heterocycles. The van der Waals surface area contributed by atoms with Crippen LogP contribution in [0, 0.1) is 0 Å². The zero-order chi connectivity index (χ0) is 19.0. The molecule has 0 saturated heterocycles. The fourth-order valence-corrected chi connectivity index (χ4v) is 3.24. The Hall–Kier alpha value is -3.34. The Kier molecular flexibility index (Phi) is 4.28. The average Bonchev–Trinajstić information content (AvgIpc) is 3.18. The summed E-state index contributed by atoms with van der Waals surface area (Å²) in [6.45, 7) is 4.38. The molecule has 0 fully saturated rings. The summed E-state index contributed by atoms with van der Waals surface area (Å²) in [5, 5.41) is 1.07. The number of ketones is 2. The first-order valence-electron chi connectivity index (χ1n) is 8.85. The van der Waals surface area contributed by atoms with Crippen LogP contribution in [0.3, 0.4) is 0 Å². The lowest BCUT2D eigenvalue weighted by Gasteiger charge is -2.04. The molecule has 5 nitrogen and oxygen atoms in total. The Morgan fingerprint density at radius 2 is 2.04 bits per heavy atom. The van der Waals surface area contributed by atoms with Crippen LogP contribution in [0.5, 0.6) is 11.5 Å². The molecule has 0 spiro atoms. The van der Waals surface area contributed by atoms with Gasteiger partial charge in [-0.2, -0.15) is 0 Å². The van der Waals surface area contributed by atoms with Crippen LogP contribution in [0.25, 0.3) is 17.0 Å². The molecule has 2 heterocycles. The zero-order valence-electron chi connectivity index (χ0n) is 15.2. The third kappa shape index (κ3) is 3.12. The maximum atomic E-state index is 12.7. The molecule has 1 aliphatic rings. The van der Waals surface area contributed by atoms with E-state index >= 15 is 0 Å². The Balaban J connectivity index is 1.67. The van der Waals surface area contributed by atoms with E-state index in [0.29, 0.717) is 17.1 Å². The van der Waals surface area contributed by atoms with Crippen molar-refractivity contribution >= 4 is 28.5 Å². The van der Waals surface area contributed by atoms with E-state index in [-0.39, 0.29) is 23.9 Å². The SMILES string of the molecule is CCn1cc(/C=C2/Oc3cc(OCC(C)=O)ccc3C2=O)c2ccccc21. The molecule has 3 aromatic rings. The molecule has 27 heavy (non-hydrogen) atoms. The van der Waals surface area contributed by atoms with Gasteiger partial charge in [-0.15, -0.1) is 0 Å². The summed E-state index contributed by atoms with van der Waals surface area (Å²) < 4.78 is 13.3. The molecule has 5 heteroatoms. The molecule has 1 aliphatic heterocycles. The second-order valence-electron chi connectivity index (χ2n) is 6.48. The quantitative estimate of drug-likeness (QED) is 0.638. The summed E-state index contributed by atoms with van der Waals surface area (Å²) in [5.74, 6) is 1.01. The minimum atomic E-state index is -0.156. The predicted octanol–water partition coefficient (Wildman–Crippen LogP) is 4.25. The predicted molar refractivity (Wildman–Crippen MR) is 103 cm³/mol. The Morgan fingerprint density at radius 3 is 2.81 bits per heavy atom. The fraction of sp³-hybridized carbons (Fsp3) is 0.182. The second-order valence-corrected chi connectivity index (χ2v) is 6.48. The number of hydrogen-bond acceptors (Lipinski definition) is 4. The molecule has 0 unspecified atom stereocenters. The van der Waals surface area contributed by atoms with Gasteiger partial charge in [-0.1, -0.05) is 18.2 Å². The normalized spacial score (nSPS) is 14.4. The molecule has 0 radical (unpaired) electrons. The monoisotopic (exact) mass is 361 g/mol. The molecule has 0 saturated carbocycles. The zero-order valence-corrected chi connectivity index (χ0v) is 15.2. The van der Waals surface area contributed by atoms with Gasteiger partial charge in [-0.05, 0) is 38.1 Å². The molecular weight excluding hydrogens is 342 g/mol. The third-order valence-corrected chi connectivity index (χ3v) is 4.53. The van der Waals surface area contributed by atoms with Crippen LogP contribution in [0.2, 0.25) is 0 Å².